The molecule has 2 rings (SSSR count). The molecule has 24 heavy (non-hydrogen) atoms. The summed E-state index contributed by atoms with van der Waals surface area (Å²) < 4.78 is 5.20. The van der Waals surface area contributed by atoms with Crippen LogP contribution in [0.25, 0.3) is 11.4 Å². The molecule has 1 aromatic heterocycles. The van der Waals surface area contributed by atoms with Gasteiger partial charge in [0.05, 0.1) is 6.20 Å². The van der Waals surface area contributed by atoms with Crippen molar-refractivity contribution in [3.05, 3.63) is 41.7 Å². The van der Waals surface area contributed by atoms with Crippen LogP contribution in [0.15, 0.2) is 30.5 Å². The lowest BCUT2D eigenvalue weighted by atomic mass is 9.87. The average Bonchev–Trinajstić information content (AvgIpc) is 2.51. The molecule has 1 aromatic carbocycles. The van der Waals surface area contributed by atoms with Crippen molar-refractivity contribution in [3.8, 4) is 11.4 Å². The van der Waals surface area contributed by atoms with Crippen LogP contribution in [0.4, 0.5) is 4.79 Å². The van der Waals surface area contributed by atoms with Crippen LogP contribution in [0.3, 0.4) is 0 Å². The van der Waals surface area contributed by atoms with Crippen molar-refractivity contribution < 1.29 is 9.53 Å². The minimum absolute atomic E-state index is 0.352. The van der Waals surface area contributed by atoms with Crippen LogP contribution in [0.2, 0.25) is 0 Å². The number of rotatable bonds is 4. The lowest BCUT2D eigenvalue weighted by Crippen LogP contribution is -2.28. The van der Waals surface area contributed by atoms with Crippen LogP contribution in [-0.4, -0.2) is 21.3 Å². The van der Waals surface area contributed by atoms with E-state index in [0.29, 0.717) is 17.4 Å². The molecule has 0 bridgehead atoms. The van der Waals surface area contributed by atoms with Gasteiger partial charge in [0.2, 0.25) is 0 Å². The summed E-state index contributed by atoms with van der Waals surface area (Å²) in [6.07, 6.45) is 0.147. The first kappa shape index (κ1) is 17.8. The topological polar surface area (TPSA) is 91.0 Å². The van der Waals surface area contributed by atoms with Gasteiger partial charge in [0.1, 0.15) is 5.69 Å². The largest absolute Gasteiger partial charge is 0.439 e. The second kappa shape index (κ2) is 6.95. The van der Waals surface area contributed by atoms with Gasteiger partial charge in [-0.1, -0.05) is 58.9 Å². The Morgan fingerprint density at radius 2 is 1.83 bits per heavy atom. The number of aromatic nitrogens is 3. The molecule has 1 atom stereocenters. The fraction of sp³-hybridized carbons (Fsp3) is 0.444. The molecule has 1 unspecified atom stereocenters. The predicted octanol–water partition coefficient (Wildman–Crippen LogP) is 3.84. The lowest BCUT2D eigenvalue weighted by Gasteiger charge is -2.28. The van der Waals surface area contributed by atoms with E-state index in [1.807, 2.05) is 39.0 Å². The van der Waals surface area contributed by atoms with Crippen molar-refractivity contribution in [1.29, 1.82) is 0 Å². The van der Waals surface area contributed by atoms with Crippen LogP contribution in [0, 0.1) is 5.41 Å². The first-order valence-electron chi connectivity index (χ1n) is 7.95. The summed E-state index contributed by atoms with van der Waals surface area (Å²) in [5, 5.41) is 8.47. The highest BCUT2D eigenvalue weighted by Crippen LogP contribution is 2.35. The molecule has 0 spiro atoms. The Labute approximate surface area is 142 Å². The van der Waals surface area contributed by atoms with Crippen molar-refractivity contribution in [3.63, 3.8) is 0 Å². The summed E-state index contributed by atoms with van der Waals surface area (Å²) in [6.45, 7) is 10.0. The molecule has 2 N–H and O–H groups in total. The van der Waals surface area contributed by atoms with Crippen molar-refractivity contribution in [2.24, 2.45) is 11.1 Å². The highest BCUT2D eigenvalue weighted by molar-refractivity contribution is 5.65. The fourth-order valence-electron chi connectivity index (χ4n) is 2.53. The molecule has 0 aliphatic heterocycles. The van der Waals surface area contributed by atoms with E-state index in [1.54, 1.807) is 6.20 Å². The van der Waals surface area contributed by atoms with Gasteiger partial charge in [-0.05, 0) is 11.5 Å². The van der Waals surface area contributed by atoms with Crippen molar-refractivity contribution in [1.82, 2.24) is 15.2 Å². The zero-order valence-corrected chi connectivity index (χ0v) is 14.8. The maximum absolute atomic E-state index is 11.2. The molecule has 1 amide bonds. The molecule has 1 heterocycles. The Morgan fingerprint density at radius 3 is 2.33 bits per heavy atom. The summed E-state index contributed by atoms with van der Waals surface area (Å²) in [5.74, 6) is 0.903. The number of ether oxygens (including phenoxy) is 1. The second-order valence-electron chi connectivity index (χ2n) is 7.13. The van der Waals surface area contributed by atoms with Gasteiger partial charge in [-0.15, -0.1) is 10.2 Å². The number of benzene rings is 1. The van der Waals surface area contributed by atoms with Gasteiger partial charge in [-0.25, -0.2) is 9.78 Å². The first-order chi connectivity index (χ1) is 11.2. The smallest absolute Gasteiger partial charge is 0.405 e. The monoisotopic (exact) mass is 328 g/mol. The van der Waals surface area contributed by atoms with Gasteiger partial charge in [0.15, 0.2) is 11.9 Å². The molecule has 0 saturated carbocycles. The standard InChI is InChI=1S/C18H24N4O2/c1-11(2)12-8-6-7-9-13(12)16-20-10-14(21-22-16)15(18(3,4)5)24-17(19)23/h6-11,15H,1-5H3,(H2,19,23). The molecular formula is C18H24N4O2. The number of carbonyl (C=O) groups is 1. The molecule has 2 aromatic rings. The Kier molecular flexibility index (Phi) is 5.17. The molecule has 6 heteroatoms. The number of carbonyl (C=O) groups excluding carboxylic acids is 1. The van der Waals surface area contributed by atoms with E-state index >= 15 is 0 Å². The SMILES string of the molecule is CC(C)c1ccccc1-c1ncc(C(OC(N)=O)C(C)(C)C)nn1. The van der Waals surface area contributed by atoms with Gasteiger partial charge >= 0.3 is 6.09 Å². The molecule has 0 fully saturated rings. The molecule has 0 radical (unpaired) electrons. The molecule has 128 valence electrons. The van der Waals surface area contributed by atoms with Gasteiger partial charge in [0, 0.05) is 11.0 Å². The number of nitrogens with zero attached hydrogens (tertiary/aromatic N) is 3. The summed E-state index contributed by atoms with van der Waals surface area (Å²) in [4.78, 5) is 15.6. The van der Waals surface area contributed by atoms with Crippen LogP contribution < -0.4 is 5.73 Å². The van der Waals surface area contributed by atoms with E-state index in [1.165, 1.54) is 0 Å². The van der Waals surface area contributed by atoms with Crippen LogP contribution >= 0.6 is 0 Å². The zero-order chi connectivity index (χ0) is 17.9. The van der Waals surface area contributed by atoms with Crippen LogP contribution in [0.5, 0.6) is 0 Å². The van der Waals surface area contributed by atoms with Crippen molar-refractivity contribution in [2.75, 3.05) is 0 Å². The third-order valence-corrected chi connectivity index (χ3v) is 3.69. The molecule has 0 aliphatic carbocycles. The van der Waals surface area contributed by atoms with E-state index in [0.717, 1.165) is 11.1 Å². The van der Waals surface area contributed by atoms with Crippen molar-refractivity contribution in [2.45, 2.75) is 46.6 Å². The molecular weight excluding hydrogens is 304 g/mol. The maximum atomic E-state index is 11.2. The Morgan fingerprint density at radius 1 is 1.17 bits per heavy atom. The fourth-order valence-corrected chi connectivity index (χ4v) is 2.53. The summed E-state index contributed by atoms with van der Waals surface area (Å²) in [5.41, 5.74) is 7.39. The summed E-state index contributed by atoms with van der Waals surface area (Å²) in [7, 11) is 0. The third kappa shape index (κ3) is 4.07. The molecule has 6 nitrogen and oxygen atoms in total. The minimum atomic E-state index is -0.842. The minimum Gasteiger partial charge on any atom is -0.439 e. The lowest BCUT2D eigenvalue weighted by molar-refractivity contribution is 0.0323. The Bertz CT molecular complexity index is 706. The van der Waals surface area contributed by atoms with Gasteiger partial charge in [-0.2, -0.15) is 0 Å². The number of nitrogens with two attached hydrogens (primary N) is 1. The van der Waals surface area contributed by atoms with Gasteiger partial charge in [0.25, 0.3) is 0 Å². The predicted molar refractivity (Wildman–Crippen MR) is 92.2 cm³/mol. The summed E-state index contributed by atoms with van der Waals surface area (Å²) in [6, 6.07) is 7.99. The van der Waals surface area contributed by atoms with E-state index in [4.69, 9.17) is 10.5 Å². The van der Waals surface area contributed by atoms with Crippen LogP contribution in [0.1, 0.15) is 57.9 Å². The third-order valence-electron chi connectivity index (χ3n) is 3.69. The van der Waals surface area contributed by atoms with E-state index < -0.39 is 12.2 Å². The Balaban J connectivity index is 2.38. The summed E-state index contributed by atoms with van der Waals surface area (Å²) >= 11 is 0. The number of hydrogen-bond acceptors (Lipinski definition) is 5. The van der Waals surface area contributed by atoms with Crippen molar-refractivity contribution >= 4 is 6.09 Å². The molecule has 0 saturated heterocycles. The maximum Gasteiger partial charge on any atom is 0.405 e. The Hall–Kier alpha value is -2.50. The molecule has 0 aliphatic rings. The number of hydrogen-bond donors (Lipinski definition) is 1. The van der Waals surface area contributed by atoms with E-state index in [2.05, 4.69) is 35.1 Å². The van der Waals surface area contributed by atoms with Gasteiger partial charge < -0.3 is 10.5 Å². The first-order valence-corrected chi connectivity index (χ1v) is 7.95. The van der Waals surface area contributed by atoms with E-state index in [9.17, 15) is 4.79 Å². The van der Waals surface area contributed by atoms with E-state index in [-0.39, 0.29) is 5.41 Å². The number of primary amides is 1. The van der Waals surface area contributed by atoms with Gasteiger partial charge in [-0.3, -0.25) is 0 Å². The quantitative estimate of drug-likeness (QED) is 0.920. The van der Waals surface area contributed by atoms with Crippen LogP contribution in [-0.2, 0) is 4.74 Å². The normalized spacial score (nSPS) is 12.9. The average molecular weight is 328 g/mol. The highest BCUT2D eigenvalue weighted by atomic mass is 16.6. The zero-order valence-electron chi connectivity index (χ0n) is 14.8. The highest BCUT2D eigenvalue weighted by Gasteiger charge is 2.31. The second-order valence-corrected chi connectivity index (χ2v) is 7.13. The number of amides is 1.